The topological polar surface area (TPSA) is 96.7 Å². The van der Waals surface area contributed by atoms with Gasteiger partial charge in [0.15, 0.2) is 0 Å². The van der Waals surface area contributed by atoms with Crippen LogP contribution in [0.2, 0.25) is 0 Å². The minimum absolute atomic E-state index is 0.000324. The molecule has 0 radical (unpaired) electrons. The highest BCUT2D eigenvalue weighted by Crippen LogP contribution is 2.11. The van der Waals surface area contributed by atoms with E-state index in [2.05, 4.69) is 5.32 Å². The fraction of sp³-hybridized carbons (Fsp3) is 0.357. The highest BCUT2D eigenvalue weighted by atomic mass is 16.4. The summed E-state index contributed by atoms with van der Waals surface area (Å²) in [6.45, 7) is 2.05. The van der Waals surface area contributed by atoms with Crippen molar-refractivity contribution < 1.29 is 14.7 Å². The van der Waals surface area contributed by atoms with Gasteiger partial charge in [0, 0.05) is 31.9 Å². The smallest absolute Gasteiger partial charge is 0.321 e. The molecule has 110 valence electrons. The van der Waals surface area contributed by atoms with Crippen molar-refractivity contribution in [1.29, 1.82) is 5.26 Å². The Morgan fingerprint density at radius 3 is 2.62 bits per heavy atom. The third-order valence-electron chi connectivity index (χ3n) is 3.26. The second kappa shape index (κ2) is 6.72. The Balaban J connectivity index is 1.87. The zero-order valence-corrected chi connectivity index (χ0v) is 11.5. The number of nitriles is 1. The lowest BCUT2D eigenvalue weighted by molar-refractivity contribution is -0.138. The number of aliphatic carboxylic acids is 1. The van der Waals surface area contributed by atoms with Gasteiger partial charge in [0.1, 0.15) is 0 Å². The number of urea groups is 1. The van der Waals surface area contributed by atoms with Crippen LogP contribution in [0.3, 0.4) is 0 Å². The second-order valence-electron chi connectivity index (χ2n) is 4.78. The van der Waals surface area contributed by atoms with Gasteiger partial charge >= 0.3 is 12.0 Å². The molecule has 7 heteroatoms. The molecule has 0 bridgehead atoms. The molecular weight excluding hydrogens is 272 g/mol. The van der Waals surface area contributed by atoms with Gasteiger partial charge in [-0.15, -0.1) is 0 Å². The van der Waals surface area contributed by atoms with E-state index in [1.807, 2.05) is 6.07 Å². The molecule has 0 aromatic heterocycles. The summed E-state index contributed by atoms with van der Waals surface area (Å²) in [4.78, 5) is 26.1. The maximum atomic E-state index is 12.1. The molecule has 1 aromatic rings. The molecule has 7 nitrogen and oxygen atoms in total. The van der Waals surface area contributed by atoms with E-state index < -0.39 is 5.97 Å². The van der Waals surface area contributed by atoms with Crippen LogP contribution in [0.5, 0.6) is 0 Å². The van der Waals surface area contributed by atoms with Crippen LogP contribution in [-0.4, -0.2) is 59.6 Å². The first kappa shape index (κ1) is 14.8. The number of carbonyl (C=O) groups excluding carboxylic acids is 1. The summed E-state index contributed by atoms with van der Waals surface area (Å²) in [7, 11) is 0. The lowest BCUT2D eigenvalue weighted by Gasteiger charge is -2.33. The number of hydrogen-bond donors (Lipinski definition) is 2. The van der Waals surface area contributed by atoms with Crippen LogP contribution in [0.4, 0.5) is 10.5 Å². The van der Waals surface area contributed by atoms with E-state index in [4.69, 9.17) is 10.4 Å². The standard InChI is InChI=1S/C14H16N4O3/c15-9-11-2-1-3-12(8-11)16-14(21)18-6-4-17(5-7-18)10-13(19)20/h1-3,8H,4-7,10H2,(H,16,21)(H,19,20). The molecule has 1 saturated heterocycles. The molecule has 0 unspecified atom stereocenters. The molecule has 1 fully saturated rings. The molecule has 21 heavy (non-hydrogen) atoms. The second-order valence-corrected chi connectivity index (χ2v) is 4.78. The summed E-state index contributed by atoms with van der Waals surface area (Å²) in [6, 6.07) is 8.49. The van der Waals surface area contributed by atoms with Crippen molar-refractivity contribution in [2.45, 2.75) is 0 Å². The van der Waals surface area contributed by atoms with Gasteiger partial charge in [-0.3, -0.25) is 9.69 Å². The van der Waals surface area contributed by atoms with Crippen molar-refractivity contribution >= 4 is 17.7 Å². The van der Waals surface area contributed by atoms with Gasteiger partial charge in [-0.25, -0.2) is 4.79 Å². The van der Waals surface area contributed by atoms with Gasteiger partial charge in [-0.2, -0.15) is 5.26 Å². The number of carboxylic acid groups (broad SMARTS) is 1. The Bertz CT molecular complexity index is 574. The number of anilines is 1. The normalized spacial score (nSPS) is 15.3. The van der Waals surface area contributed by atoms with Crippen molar-refractivity contribution in [3.05, 3.63) is 29.8 Å². The molecule has 1 aliphatic heterocycles. The van der Waals surface area contributed by atoms with Crippen LogP contribution in [0.25, 0.3) is 0 Å². The third kappa shape index (κ3) is 4.19. The Hall–Kier alpha value is -2.59. The number of hydrogen-bond acceptors (Lipinski definition) is 4. The number of amides is 2. The Labute approximate surface area is 122 Å². The van der Waals surface area contributed by atoms with Crippen molar-refractivity contribution in [3.8, 4) is 6.07 Å². The molecule has 2 N–H and O–H groups in total. The van der Waals surface area contributed by atoms with Gasteiger partial charge in [0.05, 0.1) is 18.2 Å². The maximum absolute atomic E-state index is 12.1. The van der Waals surface area contributed by atoms with E-state index in [0.717, 1.165) is 0 Å². The van der Waals surface area contributed by atoms with E-state index in [0.29, 0.717) is 37.4 Å². The quantitative estimate of drug-likeness (QED) is 0.857. The molecular formula is C14H16N4O3. The highest BCUT2D eigenvalue weighted by Gasteiger charge is 2.22. The largest absolute Gasteiger partial charge is 0.480 e. The van der Waals surface area contributed by atoms with E-state index >= 15 is 0 Å². The van der Waals surface area contributed by atoms with Crippen LogP contribution in [0.1, 0.15) is 5.56 Å². The fourth-order valence-corrected chi connectivity index (χ4v) is 2.17. The molecule has 1 aromatic carbocycles. The first-order chi connectivity index (χ1) is 10.1. The van der Waals surface area contributed by atoms with Crippen LogP contribution in [0, 0.1) is 11.3 Å². The van der Waals surface area contributed by atoms with Crippen LogP contribution >= 0.6 is 0 Å². The summed E-state index contributed by atoms with van der Waals surface area (Å²) >= 11 is 0. The average Bonchev–Trinajstić information content (AvgIpc) is 2.47. The highest BCUT2D eigenvalue weighted by molar-refractivity contribution is 5.89. The summed E-state index contributed by atoms with van der Waals surface area (Å²) in [5.41, 5.74) is 1.06. The first-order valence-electron chi connectivity index (χ1n) is 6.59. The minimum Gasteiger partial charge on any atom is -0.480 e. The lowest BCUT2D eigenvalue weighted by atomic mass is 10.2. The predicted molar refractivity (Wildman–Crippen MR) is 75.8 cm³/mol. The molecule has 2 rings (SSSR count). The summed E-state index contributed by atoms with van der Waals surface area (Å²) in [5, 5.41) is 20.3. The number of nitrogens with one attached hydrogen (secondary N) is 1. The summed E-state index contributed by atoms with van der Waals surface area (Å²) in [5.74, 6) is -0.860. The minimum atomic E-state index is -0.860. The van der Waals surface area contributed by atoms with E-state index in [9.17, 15) is 9.59 Å². The zero-order valence-electron chi connectivity index (χ0n) is 11.5. The number of carboxylic acids is 1. The Morgan fingerprint density at radius 1 is 1.29 bits per heavy atom. The van der Waals surface area contributed by atoms with E-state index in [1.54, 1.807) is 34.1 Å². The number of carbonyl (C=O) groups is 2. The van der Waals surface area contributed by atoms with Gasteiger partial charge in [-0.1, -0.05) is 6.07 Å². The molecule has 0 aliphatic carbocycles. The molecule has 0 spiro atoms. The lowest BCUT2D eigenvalue weighted by Crippen LogP contribution is -2.51. The van der Waals surface area contributed by atoms with Crippen LogP contribution < -0.4 is 5.32 Å². The maximum Gasteiger partial charge on any atom is 0.321 e. The van der Waals surface area contributed by atoms with E-state index in [1.165, 1.54) is 0 Å². The molecule has 1 aliphatic rings. The van der Waals surface area contributed by atoms with Gasteiger partial charge in [0.2, 0.25) is 0 Å². The Morgan fingerprint density at radius 2 is 2.00 bits per heavy atom. The third-order valence-corrected chi connectivity index (χ3v) is 3.26. The number of rotatable bonds is 3. The van der Waals surface area contributed by atoms with Crippen LogP contribution in [-0.2, 0) is 4.79 Å². The Kier molecular flexibility index (Phi) is 4.74. The van der Waals surface area contributed by atoms with E-state index in [-0.39, 0.29) is 12.6 Å². The fourth-order valence-electron chi connectivity index (χ4n) is 2.17. The SMILES string of the molecule is N#Cc1cccc(NC(=O)N2CCN(CC(=O)O)CC2)c1. The molecule has 1 heterocycles. The predicted octanol–water partition coefficient (Wildman–Crippen LogP) is 0.792. The number of piperazine rings is 1. The molecule has 0 atom stereocenters. The van der Waals surface area contributed by atoms with Crippen molar-refractivity contribution in [3.63, 3.8) is 0 Å². The molecule has 0 saturated carbocycles. The van der Waals surface area contributed by atoms with Crippen molar-refractivity contribution in [1.82, 2.24) is 9.80 Å². The van der Waals surface area contributed by atoms with Gasteiger partial charge in [-0.05, 0) is 18.2 Å². The van der Waals surface area contributed by atoms with Crippen molar-refractivity contribution in [2.24, 2.45) is 0 Å². The summed E-state index contributed by atoms with van der Waals surface area (Å²) < 4.78 is 0. The summed E-state index contributed by atoms with van der Waals surface area (Å²) in [6.07, 6.45) is 0. The average molecular weight is 288 g/mol. The van der Waals surface area contributed by atoms with Crippen molar-refractivity contribution in [2.75, 3.05) is 38.0 Å². The monoisotopic (exact) mass is 288 g/mol. The molecule has 2 amide bonds. The van der Waals surface area contributed by atoms with Gasteiger partial charge < -0.3 is 15.3 Å². The number of nitrogens with zero attached hydrogens (tertiary/aromatic N) is 3. The first-order valence-corrected chi connectivity index (χ1v) is 6.59. The zero-order chi connectivity index (χ0) is 15.2. The van der Waals surface area contributed by atoms with Gasteiger partial charge in [0.25, 0.3) is 0 Å². The number of benzene rings is 1. The van der Waals surface area contributed by atoms with Crippen LogP contribution in [0.15, 0.2) is 24.3 Å².